The summed E-state index contributed by atoms with van der Waals surface area (Å²) in [5.74, 6) is 1.42. The van der Waals surface area contributed by atoms with Crippen LogP contribution in [0.2, 0.25) is 0 Å². The van der Waals surface area contributed by atoms with Crippen LogP contribution >= 0.6 is 0 Å². The molecule has 2 heterocycles. The highest BCUT2D eigenvalue weighted by Crippen LogP contribution is 2.50. The number of nitrogens with one attached hydrogen (secondary N) is 1. The second kappa shape index (κ2) is 6.48. The standard InChI is InChI=1S/C21H25NO2/c1-3-23-19-9-5-4-7-15(19)20-16-8-6-12-24-21(16)17-13-14(2)10-11-18(17)22-20/h4-5,7,9-11,13,16,20-22H,3,6,8,12H2,1-2H3/t16-,20?,21-/m0/s1. The van der Waals surface area contributed by atoms with E-state index >= 15 is 0 Å². The van der Waals surface area contributed by atoms with Crippen molar-refractivity contribution in [3.05, 3.63) is 59.2 Å². The Kier molecular flexibility index (Phi) is 4.19. The molecule has 0 radical (unpaired) electrons. The fraction of sp³-hybridized carbons (Fsp3) is 0.429. The van der Waals surface area contributed by atoms with Gasteiger partial charge in [0.15, 0.2) is 0 Å². The molecule has 1 fully saturated rings. The van der Waals surface area contributed by atoms with E-state index in [0.29, 0.717) is 12.5 Å². The molecule has 0 spiro atoms. The number of hydrogen-bond donors (Lipinski definition) is 1. The van der Waals surface area contributed by atoms with Gasteiger partial charge in [0.1, 0.15) is 5.75 Å². The zero-order valence-electron chi connectivity index (χ0n) is 14.4. The van der Waals surface area contributed by atoms with E-state index in [1.165, 1.54) is 28.8 Å². The number of ether oxygens (including phenoxy) is 2. The topological polar surface area (TPSA) is 30.5 Å². The monoisotopic (exact) mass is 323 g/mol. The van der Waals surface area contributed by atoms with Gasteiger partial charge in [0.2, 0.25) is 0 Å². The molecule has 2 aliphatic heterocycles. The average Bonchev–Trinajstić information content (AvgIpc) is 2.62. The van der Waals surface area contributed by atoms with Crippen molar-refractivity contribution in [3.8, 4) is 5.75 Å². The first-order valence-electron chi connectivity index (χ1n) is 8.98. The van der Waals surface area contributed by atoms with Crippen LogP contribution in [0.25, 0.3) is 0 Å². The second-order valence-corrected chi connectivity index (χ2v) is 6.78. The summed E-state index contributed by atoms with van der Waals surface area (Å²) in [5, 5.41) is 3.78. The van der Waals surface area contributed by atoms with Crippen LogP contribution in [0.5, 0.6) is 5.75 Å². The fourth-order valence-corrected chi connectivity index (χ4v) is 4.12. The SMILES string of the molecule is CCOc1ccccc1C1Nc2ccc(C)cc2[C@H]2OCCC[C@@H]12. The molecule has 0 bridgehead atoms. The maximum absolute atomic E-state index is 6.23. The molecule has 3 heteroatoms. The van der Waals surface area contributed by atoms with Crippen LogP contribution in [0.3, 0.4) is 0 Å². The summed E-state index contributed by atoms with van der Waals surface area (Å²) in [6.07, 6.45) is 2.47. The van der Waals surface area contributed by atoms with E-state index in [2.05, 4.69) is 48.6 Å². The third kappa shape index (κ3) is 2.67. The normalized spacial score (nSPS) is 25.3. The van der Waals surface area contributed by atoms with Crippen LogP contribution in [0.1, 0.15) is 48.6 Å². The van der Waals surface area contributed by atoms with Gasteiger partial charge in [-0.2, -0.15) is 0 Å². The largest absolute Gasteiger partial charge is 0.494 e. The van der Waals surface area contributed by atoms with Gasteiger partial charge in [-0.25, -0.2) is 0 Å². The molecule has 1 unspecified atom stereocenters. The summed E-state index contributed by atoms with van der Waals surface area (Å²) >= 11 is 0. The highest BCUT2D eigenvalue weighted by atomic mass is 16.5. The Morgan fingerprint density at radius 1 is 1.17 bits per heavy atom. The third-order valence-electron chi connectivity index (χ3n) is 5.17. The number of anilines is 1. The van der Waals surface area contributed by atoms with E-state index in [0.717, 1.165) is 18.8 Å². The summed E-state index contributed by atoms with van der Waals surface area (Å²) in [5.41, 5.74) is 5.03. The summed E-state index contributed by atoms with van der Waals surface area (Å²) in [7, 11) is 0. The van der Waals surface area contributed by atoms with Gasteiger partial charge in [-0.1, -0.05) is 35.9 Å². The van der Waals surface area contributed by atoms with Crippen LogP contribution in [-0.4, -0.2) is 13.2 Å². The molecular formula is C21H25NO2. The number of hydrogen-bond acceptors (Lipinski definition) is 3. The molecule has 0 aromatic heterocycles. The van der Waals surface area contributed by atoms with Crippen molar-refractivity contribution in [2.24, 2.45) is 5.92 Å². The lowest BCUT2D eigenvalue weighted by Gasteiger charge is -2.43. The van der Waals surface area contributed by atoms with Gasteiger partial charge in [-0.05, 0) is 38.8 Å². The molecule has 24 heavy (non-hydrogen) atoms. The second-order valence-electron chi connectivity index (χ2n) is 6.78. The average molecular weight is 323 g/mol. The molecule has 3 atom stereocenters. The van der Waals surface area contributed by atoms with Gasteiger partial charge in [-0.3, -0.25) is 0 Å². The molecule has 2 aliphatic rings. The third-order valence-corrected chi connectivity index (χ3v) is 5.17. The first-order chi connectivity index (χ1) is 11.8. The zero-order chi connectivity index (χ0) is 16.5. The predicted molar refractivity (Wildman–Crippen MR) is 96.6 cm³/mol. The van der Waals surface area contributed by atoms with E-state index in [4.69, 9.17) is 9.47 Å². The Hall–Kier alpha value is -2.00. The van der Waals surface area contributed by atoms with Gasteiger partial charge in [-0.15, -0.1) is 0 Å². The van der Waals surface area contributed by atoms with Gasteiger partial charge in [0.25, 0.3) is 0 Å². The zero-order valence-corrected chi connectivity index (χ0v) is 14.4. The first-order valence-corrected chi connectivity index (χ1v) is 8.98. The minimum Gasteiger partial charge on any atom is -0.494 e. The maximum atomic E-state index is 6.23. The van der Waals surface area contributed by atoms with E-state index in [1.807, 2.05) is 13.0 Å². The quantitative estimate of drug-likeness (QED) is 0.859. The smallest absolute Gasteiger partial charge is 0.124 e. The van der Waals surface area contributed by atoms with E-state index in [9.17, 15) is 0 Å². The lowest BCUT2D eigenvalue weighted by Crippen LogP contribution is -2.36. The number of aryl methyl sites for hydroxylation is 1. The van der Waals surface area contributed by atoms with Crippen LogP contribution in [0.15, 0.2) is 42.5 Å². The van der Waals surface area contributed by atoms with E-state index in [-0.39, 0.29) is 12.1 Å². The highest BCUT2D eigenvalue weighted by Gasteiger charge is 2.40. The van der Waals surface area contributed by atoms with Crippen molar-refractivity contribution in [2.75, 3.05) is 18.5 Å². The maximum Gasteiger partial charge on any atom is 0.124 e. The minimum absolute atomic E-state index is 0.176. The fourth-order valence-electron chi connectivity index (χ4n) is 4.12. The summed E-state index contributed by atoms with van der Waals surface area (Å²) in [6, 6.07) is 15.3. The first kappa shape index (κ1) is 15.5. The predicted octanol–water partition coefficient (Wildman–Crippen LogP) is 5.03. The lowest BCUT2D eigenvalue weighted by atomic mass is 9.77. The van der Waals surface area contributed by atoms with Crippen LogP contribution in [0.4, 0.5) is 5.69 Å². The highest BCUT2D eigenvalue weighted by molar-refractivity contribution is 5.59. The molecule has 0 saturated carbocycles. The van der Waals surface area contributed by atoms with Crippen molar-refractivity contribution < 1.29 is 9.47 Å². The Balaban J connectivity index is 1.78. The van der Waals surface area contributed by atoms with Crippen LogP contribution in [-0.2, 0) is 4.74 Å². The molecule has 2 aromatic carbocycles. The van der Waals surface area contributed by atoms with Crippen LogP contribution < -0.4 is 10.1 Å². The van der Waals surface area contributed by atoms with Crippen LogP contribution in [0, 0.1) is 12.8 Å². The van der Waals surface area contributed by atoms with Gasteiger partial charge in [0.05, 0.1) is 18.8 Å². The van der Waals surface area contributed by atoms with Crippen molar-refractivity contribution in [3.63, 3.8) is 0 Å². The Morgan fingerprint density at radius 2 is 2.04 bits per heavy atom. The number of para-hydroxylation sites is 1. The lowest BCUT2D eigenvalue weighted by molar-refractivity contribution is -0.0383. The molecule has 2 aromatic rings. The van der Waals surface area contributed by atoms with Gasteiger partial charge >= 0.3 is 0 Å². The molecular weight excluding hydrogens is 298 g/mol. The summed E-state index contributed by atoms with van der Waals surface area (Å²) in [6.45, 7) is 5.72. The van der Waals surface area contributed by atoms with Crippen molar-refractivity contribution in [1.29, 1.82) is 0 Å². The summed E-state index contributed by atoms with van der Waals surface area (Å²) in [4.78, 5) is 0. The van der Waals surface area contributed by atoms with Crippen molar-refractivity contribution in [2.45, 2.75) is 38.8 Å². The van der Waals surface area contributed by atoms with Crippen molar-refractivity contribution >= 4 is 5.69 Å². The molecule has 0 amide bonds. The summed E-state index contributed by atoms with van der Waals surface area (Å²) < 4.78 is 12.1. The Morgan fingerprint density at radius 3 is 2.92 bits per heavy atom. The molecule has 3 nitrogen and oxygen atoms in total. The van der Waals surface area contributed by atoms with Gasteiger partial charge in [0, 0.05) is 29.3 Å². The number of fused-ring (bicyclic) bond motifs is 3. The Bertz CT molecular complexity index is 728. The molecule has 4 rings (SSSR count). The van der Waals surface area contributed by atoms with Crippen molar-refractivity contribution in [1.82, 2.24) is 0 Å². The number of rotatable bonds is 3. The van der Waals surface area contributed by atoms with E-state index < -0.39 is 0 Å². The minimum atomic E-state index is 0.176. The van der Waals surface area contributed by atoms with E-state index in [1.54, 1.807) is 0 Å². The molecule has 0 aliphatic carbocycles. The molecule has 1 saturated heterocycles. The molecule has 126 valence electrons. The molecule has 1 N–H and O–H groups in total. The Labute approximate surface area is 144 Å². The van der Waals surface area contributed by atoms with Gasteiger partial charge < -0.3 is 14.8 Å². The number of benzene rings is 2.